The molecule has 4 fully saturated rings. The topological polar surface area (TPSA) is 42.0 Å². The zero-order valence-corrected chi connectivity index (χ0v) is 15.3. The van der Waals surface area contributed by atoms with Gasteiger partial charge in [-0.05, 0) is 74.5 Å². The first-order chi connectivity index (χ1) is 11.1. The number of halogens is 1. The van der Waals surface area contributed by atoms with E-state index in [9.17, 15) is 4.79 Å². The van der Waals surface area contributed by atoms with Gasteiger partial charge in [0, 0.05) is 4.47 Å². The number of hydrogen-bond acceptors (Lipinski definition) is 3. The van der Waals surface area contributed by atoms with Crippen LogP contribution in [0.5, 0.6) is 0 Å². The van der Waals surface area contributed by atoms with E-state index in [1.54, 1.807) is 11.3 Å². The van der Waals surface area contributed by atoms with E-state index >= 15 is 0 Å². The highest BCUT2D eigenvalue weighted by Gasteiger charge is 2.54. The zero-order chi connectivity index (χ0) is 15.6. The molecule has 0 atom stereocenters. The van der Waals surface area contributed by atoms with Gasteiger partial charge in [-0.3, -0.25) is 4.79 Å². The molecule has 2 aromatic rings. The van der Waals surface area contributed by atoms with Crippen molar-refractivity contribution in [3.8, 4) is 0 Å². The molecule has 3 nitrogen and oxygen atoms in total. The van der Waals surface area contributed by atoms with E-state index < -0.39 is 0 Å². The fourth-order valence-corrected chi connectivity index (χ4v) is 6.98. The molecule has 0 spiro atoms. The van der Waals surface area contributed by atoms with Gasteiger partial charge in [0.15, 0.2) is 5.13 Å². The molecule has 1 aromatic heterocycles. The van der Waals surface area contributed by atoms with Gasteiger partial charge in [-0.1, -0.05) is 27.3 Å². The van der Waals surface area contributed by atoms with Crippen molar-refractivity contribution in [2.75, 3.05) is 5.32 Å². The second kappa shape index (κ2) is 5.03. The largest absolute Gasteiger partial charge is 0.301 e. The molecule has 1 N–H and O–H groups in total. The molecule has 1 amide bonds. The maximum Gasteiger partial charge on any atom is 0.232 e. The average molecular weight is 391 g/mol. The van der Waals surface area contributed by atoms with Crippen LogP contribution in [0.25, 0.3) is 10.2 Å². The molecule has 120 valence electrons. The first-order valence-electron chi connectivity index (χ1n) is 8.47. The van der Waals surface area contributed by atoms with Crippen LogP contribution in [0.3, 0.4) is 0 Å². The highest BCUT2D eigenvalue weighted by molar-refractivity contribution is 9.10. The van der Waals surface area contributed by atoms with Crippen LogP contribution >= 0.6 is 27.3 Å². The Morgan fingerprint density at radius 3 is 2.48 bits per heavy atom. The number of amides is 1. The molecule has 1 aromatic carbocycles. The van der Waals surface area contributed by atoms with Crippen molar-refractivity contribution < 1.29 is 4.79 Å². The van der Waals surface area contributed by atoms with Gasteiger partial charge in [-0.25, -0.2) is 4.98 Å². The summed E-state index contributed by atoms with van der Waals surface area (Å²) >= 11 is 5.06. The Morgan fingerprint density at radius 2 is 1.83 bits per heavy atom. The smallest absolute Gasteiger partial charge is 0.232 e. The monoisotopic (exact) mass is 390 g/mol. The Kier molecular flexibility index (Phi) is 3.15. The number of rotatable bonds is 2. The lowest BCUT2D eigenvalue weighted by atomic mass is 9.49. The molecule has 0 aliphatic heterocycles. The summed E-state index contributed by atoms with van der Waals surface area (Å²) in [5.74, 6) is 2.60. The number of benzene rings is 1. The van der Waals surface area contributed by atoms with Crippen molar-refractivity contribution in [1.29, 1.82) is 0 Å². The van der Waals surface area contributed by atoms with Crippen molar-refractivity contribution in [2.45, 2.75) is 38.5 Å². The second-order valence-electron chi connectivity index (χ2n) is 7.78. The molecule has 4 aliphatic rings. The minimum absolute atomic E-state index is 0.104. The molecule has 4 aliphatic carbocycles. The third-order valence-corrected chi connectivity index (χ3v) is 7.52. The van der Waals surface area contributed by atoms with Gasteiger partial charge in [-0.15, -0.1) is 0 Å². The average Bonchev–Trinajstić information content (AvgIpc) is 2.87. The SMILES string of the molecule is O=C(Nc1nc2ccc(Br)cc2s1)C12CC3CC(CC(C3)C1)C2. The third kappa shape index (κ3) is 2.35. The van der Waals surface area contributed by atoms with Crippen LogP contribution < -0.4 is 5.32 Å². The normalized spacial score (nSPS) is 34.9. The Balaban J connectivity index is 1.42. The van der Waals surface area contributed by atoms with Crippen molar-refractivity contribution in [2.24, 2.45) is 23.2 Å². The summed E-state index contributed by atoms with van der Waals surface area (Å²) in [5.41, 5.74) is 0.853. The standard InChI is InChI=1S/C18H19BrN2OS/c19-13-1-2-14-15(6-13)23-17(20-14)21-16(22)18-7-10-3-11(8-18)5-12(4-10)9-18/h1-2,6,10-12H,3-5,7-9H2,(H,20,21,22). The highest BCUT2D eigenvalue weighted by Crippen LogP contribution is 2.60. The van der Waals surface area contributed by atoms with E-state index in [0.29, 0.717) is 0 Å². The molecule has 23 heavy (non-hydrogen) atoms. The first kappa shape index (κ1) is 14.4. The van der Waals surface area contributed by atoms with E-state index in [-0.39, 0.29) is 11.3 Å². The fourth-order valence-electron chi connectivity index (χ4n) is 5.57. The summed E-state index contributed by atoms with van der Waals surface area (Å²) in [6.45, 7) is 0. The number of anilines is 1. The summed E-state index contributed by atoms with van der Waals surface area (Å²) in [4.78, 5) is 17.6. The number of hydrogen-bond donors (Lipinski definition) is 1. The number of aromatic nitrogens is 1. The number of carbonyl (C=O) groups is 1. The van der Waals surface area contributed by atoms with Crippen LogP contribution in [-0.2, 0) is 4.79 Å². The lowest BCUT2D eigenvalue weighted by Gasteiger charge is -2.55. The van der Waals surface area contributed by atoms with E-state index in [2.05, 4.69) is 32.3 Å². The lowest BCUT2D eigenvalue weighted by molar-refractivity contribution is -0.140. The maximum absolute atomic E-state index is 13.1. The highest BCUT2D eigenvalue weighted by atomic mass is 79.9. The zero-order valence-electron chi connectivity index (χ0n) is 12.8. The number of nitrogens with one attached hydrogen (secondary N) is 1. The maximum atomic E-state index is 13.1. The Labute approximate surface area is 148 Å². The molecule has 0 radical (unpaired) electrons. The summed E-state index contributed by atoms with van der Waals surface area (Å²) in [6, 6.07) is 6.05. The van der Waals surface area contributed by atoms with E-state index in [4.69, 9.17) is 0 Å². The summed E-state index contributed by atoms with van der Waals surface area (Å²) in [7, 11) is 0. The molecular weight excluding hydrogens is 372 g/mol. The van der Waals surface area contributed by atoms with Crippen LogP contribution in [0.2, 0.25) is 0 Å². The molecule has 0 unspecified atom stereocenters. The molecule has 6 rings (SSSR count). The van der Waals surface area contributed by atoms with Gasteiger partial charge in [-0.2, -0.15) is 0 Å². The number of nitrogens with zero attached hydrogens (tertiary/aromatic N) is 1. The summed E-state index contributed by atoms with van der Waals surface area (Å²) < 4.78 is 2.16. The van der Waals surface area contributed by atoms with E-state index in [1.807, 2.05) is 12.1 Å². The number of fused-ring (bicyclic) bond motifs is 1. The van der Waals surface area contributed by atoms with Crippen LogP contribution in [0.1, 0.15) is 38.5 Å². The summed E-state index contributed by atoms with van der Waals surface area (Å²) in [5, 5.41) is 3.91. The van der Waals surface area contributed by atoms with Crippen LogP contribution in [0, 0.1) is 23.2 Å². The Hall–Kier alpha value is -0.940. The van der Waals surface area contributed by atoms with Crippen molar-refractivity contribution in [3.63, 3.8) is 0 Å². The predicted molar refractivity (Wildman–Crippen MR) is 96.6 cm³/mol. The van der Waals surface area contributed by atoms with Gasteiger partial charge >= 0.3 is 0 Å². The van der Waals surface area contributed by atoms with Crippen LogP contribution in [-0.4, -0.2) is 10.9 Å². The molecular formula is C18H19BrN2OS. The van der Waals surface area contributed by atoms with Crippen molar-refractivity contribution in [3.05, 3.63) is 22.7 Å². The molecule has 4 bridgehead atoms. The Morgan fingerprint density at radius 1 is 1.17 bits per heavy atom. The van der Waals surface area contributed by atoms with Gasteiger partial charge in [0.2, 0.25) is 5.91 Å². The summed E-state index contributed by atoms with van der Waals surface area (Å²) in [6.07, 6.45) is 7.38. The van der Waals surface area contributed by atoms with Crippen LogP contribution in [0.4, 0.5) is 5.13 Å². The van der Waals surface area contributed by atoms with Gasteiger partial charge in [0.05, 0.1) is 15.6 Å². The third-order valence-electron chi connectivity index (χ3n) is 6.09. The lowest BCUT2D eigenvalue weighted by Crippen LogP contribution is -2.51. The van der Waals surface area contributed by atoms with Crippen molar-refractivity contribution >= 4 is 48.5 Å². The number of carbonyl (C=O) groups excluding carboxylic acids is 1. The predicted octanol–water partition coefficient (Wildman–Crippen LogP) is 5.21. The second-order valence-corrected chi connectivity index (χ2v) is 9.73. The minimum Gasteiger partial charge on any atom is -0.301 e. The van der Waals surface area contributed by atoms with Gasteiger partial charge < -0.3 is 5.32 Å². The quantitative estimate of drug-likeness (QED) is 0.763. The molecule has 5 heteroatoms. The van der Waals surface area contributed by atoms with E-state index in [0.717, 1.165) is 56.8 Å². The molecule has 0 saturated heterocycles. The molecule has 4 saturated carbocycles. The molecule has 1 heterocycles. The van der Waals surface area contributed by atoms with Gasteiger partial charge in [0.25, 0.3) is 0 Å². The first-order valence-corrected chi connectivity index (χ1v) is 10.1. The van der Waals surface area contributed by atoms with E-state index in [1.165, 1.54) is 19.3 Å². The number of thiazole rings is 1. The van der Waals surface area contributed by atoms with Crippen LogP contribution in [0.15, 0.2) is 22.7 Å². The minimum atomic E-state index is -0.104. The fraction of sp³-hybridized carbons (Fsp3) is 0.556. The van der Waals surface area contributed by atoms with Gasteiger partial charge in [0.1, 0.15) is 0 Å². The van der Waals surface area contributed by atoms with Crippen molar-refractivity contribution in [1.82, 2.24) is 4.98 Å². The Bertz CT molecular complexity index is 764.